The van der Waals surface area contributed by atoms with Crippen molar-refractivity contribution in [2.75, 3.05) is 12.4 Å². The van der Waals surface area contributed by atoms with Crippen molar-refractivity contribution in [2.45, 2.75) is 50.7 Å². The molecule has 2 aromatic rings. The van der Waals surface area contributed by atoms with Gasteiger partial charge in [0.05, 0.1) is 12.7 Å². The number of hydrogen-bond donors (Lipinski definition) is 2. The Balaban J connectivity index is 1.22. The molecule has 4 fully saturated rings. The molecular weight excluding hydrogens is 378 g/mol. The first kappa shape index (κ1) is 19.3. The standard InChI is InChI=1S/C25H29NO4/c1-29-22-6-7-23(27)20(11-22)15-26-21-4-2-19(3-5-21)24(28)30-25-12-16-8-17(13-25)10-18(9-16)14-25/h2-7,11,16-18,26-27H,8-10,12-15H2,1H3. The molecule has 0 aliphatic heterocycles. The highest BCUT2D eigenvalue weighted by atomic mass is 16.6. The van der Waals surface area contributed by atoms with Gasteiger partial charge in [-0.1, -0.05) is 0 Å². The summed E-state index contributed by atoms with van der Waals surface area (Å²) >= 11 is 0. The number of esters is 1. The molecule has 2 N–H and O–H groups in total. The zero-order valence-corrected chi connectivity index (χ0v) is 17.4. The number of aromatic hydroxyl groups is 1. The fourth-order valence-electron chi connectivity index (χ4n) is 6.16. The highest BCUT2D eigenvalue weighted by molar-refractivity contribution is 5.90. The van der Waals surface area contributed by atoms with Gasteiger partial charge in [0.15, 0.2) is 0 Å². The first-order valence-corrected chi connectivity index (χ1v) is 10.9. The largest absolute Gasteiger partial charge is 0.508 e. The lowest BCUT2D eigenvalue weighted by molar-refractivity contribution is -0.131. The van der Waals surface area contributed by atoms with Crippen LogP contribution in [0.3, 0.4) is 0 Å². The molecule has 0 saturated heterocycles. The zero-order chi connectivity index (χ0) is 20.7. The lowest BCUT2D eigenvalue weighted by Crippen LogP contribution is -2.52. The average Bonchev–Trinajstić information content (AvgIpc) is 2.72. The number of carbonyl (C=O) groups excluding carboxylic acids is 1. The molecule has 0 atom stereocenters. The minimum Gasteiger partial charge on any atom is -0.508 e. The third kappa shape index (κ3) is 3.73. The molecule has 0 heterocycles. The van der Waals surface area contributed by atoms with Gasteiger partial charge < -0.3 is 19.9 Å². The van der Waals surface area contributed by atoms with Gasteiger partial charge in [-0.25, -0.2) is 4.79 Å². The number of nitrogens with one attached hydrogen (secondary N) is 1. The Labute approximate surface area is 177 Å². The van der Waals surface area contributed by atoms with E-state index in [9.17, 15) is 9.90 Å². The highest BCUT2D eigenvalue weighted by Crippen LogP contribution is 2.57. The SMILES string of the molecule is COc1ccc(O)c(CNc2ccc(C(=O)OC34CC5CC(CC(C5)C3)C4)cc2)c1. The normalized spacial score (nSPS) is 28.9. The van der Waals surface area contributed by atoms with Gasteiger partial charge in [0.1, 0.15) is 17.1 Å². The van der Waals surface area contributed by atoms with Gasteiger partial charge in [-0.3, -0.25) is 0 Å². The van der Waals surface area contributed by atoms with Gasteiger partial charge in [-0.2, -0.15) is 0 Å². The van der Waals surface area contributed by atoms with E-state index in [1.54, 1.807) is 25.3 Å². The number of rotatable bonds is 6. The molecule has 4 aliphatic carbocycles. The summed E-state index contributed by atoms with van der Waals surface area (Å²) in [4.78, 5) is 12.8. The number of phenols is 1. The van der Waals surface area contributed by atoms with Crippen molar-refractivity contribution < 1.29 is 19.4 Å². The second-order valence-corrected chi connectivity index (χ2v) is 9.42. The number of anilines is 1. The van der Waals surface area contributed by atoms with Crippen molar-refractivity contribution >= 4 is 11.7 Å². The molecule has 0 aromatic heterocycles. The van der Waals surface area contributed by atoms with E-state index in [0.717, 1.165) is 48.3 Å². The Morgan fingerprint density at radius 1 is 1.03 bits per heavy atom. The number of methoxy groups -OCH3 is 1. The summed E-state index contributed by atoms with van der Waals surface area (Å²) in [6, 6.07) is 12.6. The molecule has 0 amide bonds. The van der Waals surface area contributed by atoms with Crippen molar-refractivity contribution in [3.05, 3.63) is 53.6 Å². The van der Waals surface area contributed by atoms with E-state index in [4.69, 9.17) is 9.47 Å². The summed E-state index contributed by atoms with van der Waals surface area (Å²) in [5.74, 6) is 2.98. The molecule has 30 heavy (non-hydrogen) atoms. The van der Waals surface area contributed by atoms with Gasteiger partial charge in [-0.15, -0.1) is 0 Å². The van der Waals surface area contributed by atoms with E-state index in [0.29, 0.717) is 17.9 Å². The minimum atomic E-state index is -0.216. The molecule has 5 heteroatoms. The number of phenolic OH excluding ortho intramolecular Hbond substituents is 1. The van der Waals surface area contributed by atoms with Crippen LogP contribution in [0.15, 0.2) is 42.5 Å². The van der Waals surface area contributed by atoms with Gasteiger partial charge >= 0.3 is 5.97 Å². The fraction of sp³-hybridized carbons (Fsp3) is 0.480. The molecule has 0 unspecified atom stereocenters. The molecule has 0 radical (unpaired) electrons. The number of carbonyl (C=O) groups is 1. The lowest BCUT2D eigenvalue weighted by Gasteiger charge is -2.55. The maximum Gasteiger partial charge on any atom is 0.338 e. The number of benzene rings is 2. The van der Waals surface area contributed by atoms with Crippen LogP contribution in [0.25, 0.3) is 0 Å². The molecule has 4 bridgehead atoms. The first-order chi connectivity index (χ1) is 14.5. The van der Waals surface area contributed by atoms with Gasteiger partial charge in [0.25, 0.3) is 0 Å². The van der Waals surface area contributed by atoms with Crippen molar-refractivity contribution in [3.63, 3.8) is 0 Å². The Hall–Kier alpha value is -2.69. The highest BCUT2D eigenvalue weighted by Gasteiger charge is 2.53. The molecule has 4 aliphatic rings. The van der Waals surface area contributed by atoms with Crippen LogP contribution in [0, 0.1) is 17.8 Å². The molecular formula is C25H29NO4. The molecule has 5 nitrogen and oxygen atoms in total. The molecule has 0 spiro atoms. The number of ether oxygens (including phenoxy) is 2. The minimum absolute atomic E-state index is 0.200. The summed E-state index contributed by atoms with van der Waals surface area (Å²) in [6.45, 7) is 0.458. The third-order valence-electron chi connectivity index (χ3n) is 7.18. The van der Waals surface area contributed by atoms with Gasteiger partial charge in [0, 0.05) is 17.8 Å². The van der Waals surface area contributed by atoms with E-state index in [1.165, 1.54) is 19.3 Å². The summed E-state index contributed by atoms with van der Waals surface area (Å²) in [7, 11) is 1.60. The topological polar surface area (TPSA) is 67.8 Å². The average molecular weight is 408 g/mol. The Morgan fingerprint density at radius 2 is 1.67 bits per heavy atom. The predicted molar refractivity (Wildman–Crippen MR) is 115 cm³/mol. The summed E-state index contributed by atoms with van der Waals surface area (Å²) in [6.07, 6.45) is 7.15. The Kier molecular flexibility index (Phi) is 4.84. The van der Waals surface area contributed by atoms with Crippen LogP contribution in [0.4, 0.5) is 5.69 Å². The summed E-state index contributed by atoms with van der Waals surface area (Å²) < 4.78 is 11.4. The Morgan fingerprint density at radius 3 is 2.27 bits per heavy atom. The summed E-state index contributed by atoms with van der Waals surface area (Å²) in [5, 5.41) is 13.3. The summed E-state index contributed by atoms with van der Waals surface area (Å²) in [5.41, 5.74) is 2.01. The maximum atomic E-state index is 12.8. The second kappa shape index (κ2) is 7.53. The van der Waals surface area contributed by atoms with Crippen molar-refractivity contribution in [1.82, 2.24) is 0 Å². The van der Waals surface area contributed by atoms with E-state index >= 15 is 0 Å². The van der Waals surface area contributed by atoms with Crippen LogP contribution in [-0.4, -0.2) is 23.8 Å². The van der Waals surface area contributed by atoms with E-state index < -0.39 is 0 Å². The van der Waals surface area contributed by atoms with Gasteiger partial charge in [0.2, 0.25) is 0 Å². The van der Waals surface area contributed by atoms with Crippen LogP contribution in [0.1, 0.15) is 54.4 Å². The maximum absolute atomic E-state index is 12.8. The first-order valence-electron chi connectivity index (χ1n) is 10.9. The lowest BCUT2D eigenvalue weighted by atomic mass is 9.54. The smallest absolute Gasteiger partial charge is 0.338 e. The fourth-order valence-corrected chi connectivity index (χ4v) is 6.16. The molecule has 158 valence electrons. The third-order valence-corrected chi connectivity index (χ3v) is 7.18. The molecule has 2 aromatic carbocycles. The number of hydrogen-bond acceptors (Lipinski definition) is 5. The predicted octanol–water partition coefficient (Wildman–Crippen LogP) is 5.14. The van der Waals surface area contributed by atoms with Crippen molar-refractivity contribution in [1.29, 1.82) is 0 Å². The molecule has 4 saturated carbocycles. The van der Waals surface area contributed by atoms with E-state index in [2.05, 4.69) is 5.32 Å². The Bertz CT molecular complexity index is 901. The van der Waals surface area contributed by atoms with Crippen LogP contribution in [-0.2, 0) is 11.3 Å². The monoisotopic (exact) mass is 407 g/mol. The van der Waals surface area contributed by atoms with Crippen molar-refractivity contribution in [3.8, 4) is 11.5 Å². The zero-order valence-electron chi connectivity index (χ0n) is 17.4. The van der Waals surface area contributed by atoms with Crippen molar-refractivity contribution in [2.24, 2.45) is 17.8 Å². The second-order valence-electron chi connectivity index (χ2n) is 9.42. The van der Waals surface area contributed by atoms with Gasteiger partial charge in [-0.05, 0) is 98.7 Å². The van der Waals surface area contributed by atoms with E-state index in [1.807, 2.05) is 24.3 Å². The quantitative estimate of drug-likeness (QED) is 0.649. The van der Waals surface area contributed by atoms with E-state index in [-0.39, 0.29) is 17.3 Å². The van der Waals surface area contributed by atoms with Crippen LogP contribution in [0.5, 0.6) is 11.5 Å². The van der Waals surface area contributed by atoms with Crippen LogP contribution < -0.4 is 10.1 Å². The van der Waals surface area contributed by atoms with Crippen LogP contribution in [0.2, 0.25) is 0 Å². The molecule has 6 rings (SSSR count). The van der Waals surface area contributed by atoms with Crippen LogP contribution >= 0.6 is 0 Å².